The summed E-state index contributed by atoms with van der Waals surface area (Å²) < 4.78 is 54.7. The molecule has 3 nitrogen and oxygen atoms in total. The van der Waals surface area contributed by atoms with Crippen molar-refractivity contribution in [3.63, 3.8) is 0 Å². The molecule has 1 atom stereocenters. The van der Waals surface area contributed by atoms with Crippen LogP contribution in [0.1, 0.15) is 59.0 Å². The Morgan fingerprint density at radius 2 is 1.68 bits per heavy atom. The van der Waals surface area contributed by atoms with Crippen molar-refractivity contribution in [3.05, 3.63) is 93.6 Å². The van der Waals surface area contributed by atoms with Crippen LogP contribution in [-0.2, 0) is 6.54 Å². The molecule has 1 aliphatic carbocycles. The molecular weight excluding hydrogens is 562 g/mol. The number of nitrogens with zero attached hydrogens (tertiary/aromatic N) is 1. The molecule has 1 N–H and O–H groups in total. The summed E-state index contributed by atoms with van der Waals surface area (Å²) in [6, 6.07) is 17.4. The highest BCUT2D eigenvalue weighted by atomic mass is 35.5. The van der Waals surface area contributed by atoms with E-state index in [1.807, 2.05) is 24.3 Å². The van der Waals surface area contributed by atoms with Gasteiger partial charge in [0.1, 0.15) is 10.7 Å². The average molecular weight is 590 g/mol. The lowest BCUT2D eigenvalue weighted by atomic mass is 9.88. The third kappa shape index (κ3) is 6.19. The molecule has 1 aliphatic rings. The Bertz CT molecular complexity index is 1500. The molecule has 1 aromatic heterocycles. The fourth-order valence-corrected chi connectivity index (χ4v) is 6.80. The topological polar surface area (TPSA) is 40.5 Å². The van der Waals surface area contributed by atoms with Crippen molar-refractivity contribution in [1.29, 1.82) is 0 Å². The molecule has 210 valence electrons. The van der Waals surface area contributed by atoms with Gasteiger partial charge in [0.15, 0.2) is 6.10 Å². The molecule has 0 saturated heterocycles. The highest BCUT2D eigenvalue weighted by molar-refractivity contribution is 7.21. The van der Waals surface area contributed by atoms with Crippen LogP contribution < -0.4 is 0 Å². The number of aliphatic hydroxyl groups is 1. The molecule has 1 heterocycles. The largest absolute Gasteiger partial charge is 0.418 e. The van der Waals surface area contributed by atoms with Crippen LogP contribution in [0.25, 0.3) is 21.2 Å². The maximum absolute atomic E-state index is 15.1. The predicted octanol–water partition coefficient (Wildman–Crippen LogP) is 9.18. The zero-order valence-electron chi connectivity index (χ0n) is 21.6. The van der Waals surface area contributed by atoms with Gasteiger partial charge < -0.3 is 10.0 Å². The maximum Gasteiger partial charge on any atom is 0.418 e. The summed E-state index contributed by atoms with van der Waals surface area (Å²) in [6.07, 6.45) is -1.98. The van der Waals surface area contributed by atoms with Gasteiger partial charge in [-0.25, -0.2) is 4.39 Å². The number of amides is 1. The molecule has 1 unspecified atom stereocenters. The Morgan fingerprint density at radius 1 is 1.00 bits per heavy atom. The number of fused-ring (bicyclic) bond motifs is 1. The van der Waals surface area contributed by atoms with Crippen LogP contribution in [-0.4, -0.2) is 28.6 Å². The van der Waals surface area contributed by atoms with Crippen molar-refractivity contribution in [2.75, 3.05) is 6.54 Å². The fourth-order valence-electron chi connectivity index (χ4n) is 5.32. The number of hydrogen-bond acceptors (Lipinski definition) is 3. The molecule has 0 bridgehead atoms. The van der Waals surface area contributed by atoms with Crippen LogP contribution in [0, 0.1) is 11.7 Å². The van der Waals surface area contributed by atoms with Gasteiger partial charge in [0.25, 0.3) is 5.91 Å². The number of rotatable bonds is 7. The minimum Gasteiger partial charge on any atom is -0.379 e. The quantitative estimate of drug-likeness (QED) is 0.218. The first-order valence-corrected chi connectivity index (χ1v) is 14.4. The maximum atomic E-state index is 15.1. The highest BCUT2D eigenvalue weighted by Crippen LogP contribution is 2.37. The second-order valence-corrected chi connectivity index (χ2v) is 11.7. The smallest absolute Gasteiger partial charge is 0.379 e. The van der Waals surface area contributed by atoms with E-state index in [0.29, 0.717) is 39.1 Å². The highest BCUT2D eigenvalue weighted by Gasteiger charge is 2.39. The first kappa shape index (κ1) is 28.6. The van der Waals surface area contributed by atoms with Crippen LogP contribution >= 0.6 is 22.9 Å². The Labute approximate surface area is 239 Å². The van der Waals surface area contributed by atoms with Crippen molar-refractivity contribution in [2.45, 2.75) is 50.9 Å². The lowest BCUT2D eigenvalue weighted by molar-refractivity contribution is -0.206. The molecule has 1 saturated carbocycles. The summed E-state index contributed by atoms with van der Waals surface area (Å²) in [7, 11) is 0. The molecule has 0 spiro atoms. The molecule has 1 fully saturated rings. The van der Waals surface area contributed by atoms with Gasteiger partial charge in [-0.3, -0.25) is 4.79 Å². The summed E-state index contributed by atoms with van der Waals surface area (Å²) in [4.78, 5) is 16.0. The molecule has 3 aromatic carbocycles. The Kier molecular flexibility index (Phi) is 8.50. The van der Waals surface area contributed by atoms with Crippen molar-refractivity contribution >= 4 is 38.9 Å². The zero-order valence-corrected chi connectivity index (χ0v) is 23.1. The molecule has 5 rings (SSSR count). The Hall–Kier alpha value is -2.94. The van der Waals surface area contributed by atoms with Crippen LogP contribution in [0.5, 0.6) is 0 Å². The van der Waals surface area contributed by atoms with E-state index >= 15 is 4.39 Å². The van der Waals surface area contributed by atoms with E-state index in [9.17, 15) is 23.1 Å². The van der Waals surface area contributed by atoms with Gasteiger partial charge in [-0.2, -0.15) is 13.2 Å². The summed E-state index contributed by atoms with van der Waals surface area (Å²) in [5.41, 5.74) is 1.19. The summed E-state index contributed by atoms with van der Waals surface area (Å²) >= 11 is 7.97. The summed E-state index contributed by atoms with van der Waals surface area (Å²) in [6.45, 7) is 0.515. The molecule has 40 heavy (non-hydrogen) atoms. The number of thiophene rings is 1. The van der Waals surface area contributed by atoms with Crippen molar-refractivity contribution in [3.8, 4) is 11.1 Å². The predicted molar refractivity (Wildman–Crippen MR) is 151 cm³/mol. The molecular formula is C31H28ClF4NO2S. The van der Waals surface area contributed by atoms with Crippen LogP contribution in [0.4, 0.5) is 17.6 Å². The number of carbonyl (C=O) groups is 1. The second-order valence-electron chi connectivity index (χ2n) is 10.3. The number of halogens is 5. The molecule has 1 amide bonds. The van der Waals surface area contributed by atoms with E-state index in [1.54, 1.807) is 17.0 Å². The van der Waals surface area contributed by atoms with Gasteiger partial charge in [0.2, 0.25) is 0 Å². The van der Waals surface area contributed by atoms with E-state index in [-0.39, 0.29) is 18.0 Å². The van der Waals surface area contributed by atoms with Crippen molar-refractivity contribution in [1.82, 2.24) is 4.90 Å². The number of hydrogen-bond donors (Lipinski definition) is 1. The normalized spacial score (nSPS) is 15.3. The third-order valence-electron chi connectivity index (χ3n) is 7.50. The first-order valence-electron chi connectivity index (χ1n) is 13.2. The van der Waals surface area contributed by atoms with Gasteiger partial charge in [-0.15, -0.1) is 11.3 Å². The number of alkyl halides is 3. The van der Waals surface area contributed by atoms with E-state index in [2.05, 4.69) is 0 Å². The minimum absolute atomic E-state index is 0.0322. The third-order valence-corrected chi connectivity index (χ3v) is 9.16. The lowest BCUT2D eigenvalue weighted by Gasteiger charge is -2.30. The van der Waals surface area contributed by atoms with E-state index < -0.39 is 18.1 Å². The standard InChI is InChI=1S/C31H28ClF4NO2S/c32-27-24-8-4-5-9-26(24)40-28(27)30(39)37(17-19-6-2-1-3-7-19)18-23-16-22(14-15-25(23)33)20-10-12-21(13-11-20)29(38)31(34,35)36/h4-5,8-16,19,29,38H,1-3,6-7,17-18H2. The van der Waals surface area contributed by atoms with Crippen LogP contribution in [0.15, 0.2) is 66.7 Å². The number of benzene rings is 3. The SMILES string of the molecule is O=C(c1sc2ccccc2c1Cl)N(Cc1cc(-c2ccc(C(O)C(F)(F)F)cc2)ccc1F)CC1CCCCC1. The number of aliphatic hydroxyl groups excluding tert-OH is 1. The van der Waals surface area contributed by atoms with Gasteiger partial charge in [-0.1, -0.05) is 79.4 Å². The zero-order chi connectivity index (χ0) is 28.4. The van der Waals surface area contributed by atoms with Crippen molar-refractivity contribution in [2.24, 2.45) is 5.92 Å². The van der Waals surface area contributed by atoms with E-state index in [0.717, 1.165) is 35.8 Å². The molecule has 9 heteroatoms. The van der Waals surface area contributed by atoms with Crippen molar-refractivity contribution < 1.29 is 27.5 Å². The minimum atomic E-state index is -4.77. The summed E-state index contributed by atoms with van der Waals surface area (Å²) in [5.74, 6) is -0.409. The molecule has 0 aliphatic heterocycles. The Morgan fingerprint density at radius 3 is 2.35 bits per heavy atom. The van der Waals surface area contributed by atoms with E-state index in [4.69, 9.17) is 11.6 Å². The molecule has 0 radical (unpaired) electrons. The lowest BCUT2D eigenvalue weighted by Crippen LogP contribution is -2.35. The van der Waals surface area contributed by atoms with Gasteiger partial charge in [-0.05, 0) is 53.6 Å². The van der Waals surface area contributed by atoms with Gasteiger partial charge in [0.05, 0.1) is 5.02 Å². The van der Waals surface area contributed by atoms with Gasteiger partial charge in [0, 0.05) is 28.7 Å². The average Bonchev–Trinajstić information content (AvgIpc) is 3.29. The van der Waals surface area contributed by atoms with Crippen LogP contribution in [0.3, 0.4) is 0 Å². The van der Waals surface area contributed by atoms with Gasteiger partial charge >= 0.3 is 6.18 Å². The fraction of sp³-hybridized carbons (Fsp3) is 0.323. The van der Waals surface area contributed by atoms with E-state index in [1.165, 1.54) is 48.1 Å². The molecule has 4 aromatic rings. The van der Waals surface area contributed by atoms with Crippen LogP contribution in [0.2, 0.25) is 5.02 Å². The summed E-state index contributed by atoms with van der Waals surface area (Å²) in [5, 5.41) is 10.7. The monoisotopic (exact) mass is 589 g/mol. The number of carbonyl (C=O) groups excluding carboxylic acids is 1. The first-order chi connectivity index (χ1) is 19.1. The second kappa shape index (κ2) is 11.9. The Balaban J connectivity index is 1.44.